The van der Waals surface area contributed by atoms with Crippen LogP contribution in [0.5, 0.6) is 0 Å². The first-order valence-corrected chi connectivity index (χ1v) is 14.4. The highest BCUT2D eigenvalue weighted by Gasteiger charge is 2.23. The molecule has 1 aliphatic rings. The van der Waals surface area contributed by atoms with Gasteiger partial charge in [0.05, 0.1) is 10.5 Å². The fourth-order valence-corrected chi connectivity index (χ4v) is 6.18. The van der Waals surface area contributed by atoms with Crippen LogP contribution in [0.1, 0.15) is 40.7 Å². The van der Waals surface area contributed by atoms with Gasteiger partial charge >= 0.3 is 0 Å². The van der Waals surface area contributed by atoms with Crippen molar-refractivity contribution in [3.05, 3.63) is 59.2 Å². The normalized spacial score (nSPS) is 14.6. The Bertz CT molecular complexity index is 1000. The molecule has 1 fully saturated rings. The summed E-state index contributed by atoms with van der Waals surface area (Å²) < 4.78 is 28.3. The molecule has 1 saturated heterocycles. The standard InChI is InChI=1S/C23H30N2O3S3/c1-18-7-6-8-19(15-18)17-30-14-11-24-31(27,28)20-9-10-22(29-2)21(16-20)23(26)25-12-4-3-5-13-25/h6-10,15-16,24H,3-5,11-14,17H2,1-2H3. The monoisotopic (exact) mass is 478 g/mol. The van der Waals surface area contributed by atoms with E-state index in [9.17, 15) is 13.2 Å². The molecule has 1 heterocycles. The first-order chi connectivity index (χ1) is 14.9. The van der Waals surface area contributed by atoms with E-state index in [1.165, 1.54) is 29.0 Å². The van der Waals surface area contributed by atoms with Crippen molar-refractivity contribution in [2.24, 2.45) is 0 Å². The molecule has 0 atom stereocenters. The highest BCUT2D eigenvalue weighted by molar-refractivity contribution is 7.98. The zero-order valence-corrected chi connectivity index (χ0v) is 20.5. The van der Waals surface area contributed by atoms with E-state index in [1.807, 2.05) is 17.2 Å². The number of piperidine rings is 1. The highest BCUT2D eigenvalue weighted by Crippen LogP contribution is 2.26. The molecule has 0 spiro atoms. The Morgan fingerprint density at radius 1 is 1.10 bits per heavy atom. The summed E-state index contributed by atoms with van der Waals surface area (Å²) in [5.74, 6) is 1.45. The molecule has 0 aromatic heterocycles. The molecule has 0 aliphatic carbocycles. The van der Waals surface area contributed by atoms with E-state index in [1.54, 1.807) is 23.9 Å². The number of rotatable bonds is 9. The van der Waals surface area contributed by atoms with Gasteiger partial charge < -0.3 is 4.90 Å². The van der Waals surface area contributed by atoms with Crippen molar-refractivity contribution in [1.29, 1.82) is 0 Å². The molecule has 0 bridgehead atoms. The van der Waals surface area contributed by atoms with E-state index in [-0.39, 0.29) is 10.8 Å². The van der Waals surface area contributed by atoms with Gasteiger partial charge in [0.15, 0.2) is 0 Å². The van der Waals surface area contributed by atoms with Gasteiger partial charge in [0, 0.05) is 36.0 Å². The van der Waals surface area contributed by atoms with Crippen LogP contribution in [0.3, 0.4) is 0 Å². The lowest BCUT2D eigenvalue weighted by molar-refractivity contribution is 0.0720. The lowest BCUT2D eigenvalue weighted by Crippen LogP contribution is -2.36. The summed E-state index contributed by atoms with van der Waals surface area (Å²) in [6.45, 7) is 3.88. The Labute approximate surface area is 194 Å². The number of nitrogens with zero attached hydrogens (tertiary/aromatic N) is 1. The molecular formula is C23H30N2O3S3. The zero-order valence-electron chi connectivity index (χ0n) is 18.1. The molecule has 1 amide bonds. The Morgan fingerprint density at radius 3 is 2.58 bits per heavy atom. The van der Waals surface area contributed by atoms with Gasteiger partial charge in [-0.05, 0) is 56.2 Å². The Hall–Kier alpha value is -1.48. The Kier molecular flexibility index (Phi) is 8.89. The molecule has 1 N–H and O–H groups in total. The summed E-state index contributed by atoms with van der Waals surface area (Å²) in [6, 6.07) is 13.2. The van der Waals surface area contributed by atoms with Gasteiger partial charge in [-0.2, -0.15) is 11.8 Å². The molecule has 0 saturated carbocycles. The highest BCUT2D eigenvalue weighted by atomic mass is 32.2. The molecule has 1 aliphatic heterocycles. The third-order valence-corrected chi connectivity index (χ3v) is 8.53. The Morgan fingerprint density at radius 2 is 1.87 bits per heavy atom. The van der Waals surface area contributed by atoms with Crippen LogP contribution in [-0.4, -0.2) is 50.9 Å². The van der Waals surface area contributed by atoms with Crippen LogP contribution in [0.4, 0.5) is 0 Å². The summed E-state index contributed by atoms with van der Waals surface area (Å²) in [5.41, 5.74) is 2.94. The molecule has 2 aromatic rings. The number of likely N-dealkylation sites (tertiary alicyclic amines) is 1. The SMILES string of the molecule is CSc1ccc(S(=O)(=O)NCCSCc2cccc(C)c2)cc1C(=O)N1CCCCC1. The van der Waals surface area contributed by atoms with E-state index in [2.05, 4.69) is 29.8 Å². The minimum Gasteiger partial charge on any atom is -0.339 e. The number of hydrogen-bond acceptors (Lipinski definition) is 5. The summed E-state index contributed by atoms with van der Waals surface area (Å²) in [6.07, 6.45) is 5.04. The van der Waals surface area contributed by atoms with Gasteiger partial charge in [0.1, 0.15) is 0 Å². The molecule has 0 radical (unpaired) electrons. The average molecular weight is 479 g/mol. The quantitative estimate of drug-likeness (QED) is 0.423. The van der Waals surface area contributed by atoms with Crippen molar-refractivity contribution in [2.45, 2.75) is 41.7 Å². The predicted octanol–water partition coefficient (Wildman–Crippen LogP) is 4.55. The maximum atomic E-state index is 13.0. The molecule has 2 aromatic carbocycles. The van der Waals surface area contributed by atoms with E-state index in [4.69, 9.17) is 0 Å². The number of aryl methyl sites for hydroxylation is 1. The van der Waals surface area contributed by atoms with Crippen LogP contribution in [0.25, 0.3) is 0 Å². The van der Waals surface area contributed by atoms with Gasteiger partial charge in [-0.3, -0.25) is 4.79 Å². The van der Waals surface area contributed by atoms with Crippen LogP contribution >= 0.6 is 23.5 Å². The van der Waals surface area contributed by atoms with Crippen molar-refractivity contribution in [1.82, 2.24) is 9.62 Å². The van der Waals surface area contributed by atoms with Crippen LogP contribution in [-0.2, 0) is 15.8 Å². The molecular weight excluding hydrogens is 448 g/mol. The number of amides is 1. The van der Waals surface area contributed by atoms with Gasteiger partial charge in [0.2, 0.25) is 10.0 Å². The molecule has 31 heavy (non-hydrogen) atoms. The second kappa shape index (κ2) is 11.4. The minimum atomic E-state index is -3.67. The fraction of sp³-hybridized carbons (Fsp3) is 0.435. The van der Waals surface area contributed by atoms with Crippen molar-refractivity contribution >= 4 is 39.5 Å². The Balaban J connectivity index is 1.61. The number of benzene rings is 2. The van der Waals surface area contributed by atoms with E-state index >= 15 is 0 Å². The van der Waals surface area contributed by atoms with E-state index < -0.39 is 10.0 Å². The maximum absolute atomic E-state index is 13.0. The van der Waals surface area contributed by atoms with Crippen LogP contribution in [0.2, 0.25) is 0 Å². The topological polar surface area (TPSA) is 66.5 Å². The largest absolute Gasteiger partial charge is 0.339 e. The number of sulfonamides is 1. The second-order valence-corrected chi connectivity index (χ2v) is 11.4. The van der Waals surface area contributed by atoms with Gasteiger partial charge in [0.25, 0.3) is 5.91 Å². The third kappa shape index (κ3) is 6.75. The van der Waals surface area contributed by atoms with Crippen LogP contribution in [0.15, 0.2) is 52.3 Å². The number of carbonyl (C=O) groups excluding carboxylic acids is 1. The van der Waals surface area contributed by atoms with E-state index in [0.29, 0.717) is 17.9 Å². The lowest BCUT2D eigenvalue weighted by Gasteiger charge is -2.27. The van der Waals surface area contributed by atoms with Gasteiger partial charge in [-0.15, -0.1) is 11.8 Å². The summed E-state index contributed by atoms with van der Waals surface area (Å²) in [7, 11) is -3.67. The average Bonchev–Trinajstić information content (AvgIpc) is 2.78. The minimum absolute atomic E-state index is 0.0742. The number of nitrogens with one attached hydrogen (secondary N) is 1. The lowest BCUT2D eigenvalue weighted by atomic mass is 10.1. The molecule has 0 unspecified atom stereocenters. The van der Waals surface area contributed by atoms with Crippen LogP contribution < -0.4 is 4.72 Å². The number of hydrogen-bond donors (Lipinski definition) is 1. The molecule has 3 rings (SSSR count). The summed E-state index contributed by atoms with van der Waals surface area (Å²) in [4.78, 5) is 15.8. The van der Waals surface area contributed by atoms with Crippen molar-refractivity contribution in [2.75, 3.05) is 31.6 Å². The van der Waals surface area contributed by atoms with E-state index in [0.717, 1.165) is 43.0 Å². The second-order valence-electron chi connectivity index (χ2n) is 7.65. The maximum Gasteiger partial charge on any atom is 0.255 e. The van der Waals surface area contributed by atoms with Crippen LogP contribution in [0, 0.1) is 6.92 Å². The predicted molar refractivity (Wildman–Crippen MR) is 131 cm³/mol. The molecule has 8 heteroatoms. The summed E-state index contributed by atoms with van der Waals surface area (Å²) in [5, 5.41) is 0. The third-order valence-electron chi connectivity index (χ3n) is 5.24. The van der Waals surface area contributed by atoms with Gasteiger partial charge in [-0.1, -0.05) is 29.8 Å². The zero-order chi connectivity index (χ0) is 22.3. The smallest absolute Gasteiger partial charge is 0.255 e. The van der Waals surface area contributed by atoms with Gasteiger partial charge in [-0.25, -0.2) is 13.1 Å². The first kappa shape index (κ1) is 24.2. The fourth-order valence-electron chi connectivity index (χ4n) is 3.61. The van der Waals surface area contributed by atoms with Crippen molar-refractivity contribution < 1.29 is 13.2 Å². The van der Waals surface area contributed by atoms with Crippen molar-refractivity contribution in [3.63, 3.8) is 0 Å². The first-order valence-electron chi connectivity index (χ1n) is 10.5. The molecule has 5 nitrogen and oxygen atoms in total. The van der Waals surface area contributed by atoms with Crippen molar-refractivity contribution in [3.8, 4) is 0 Å². The number of thioether (sulfide) groups is 2. The number of carbonyl (C=O) groups is 1. The summed E-state index contributed by atoms with van der Waals surface area (Å²) >= 11 is 3.16. The molecule has 168 valence electrons.